The molecule has 4 amide bonds. The molecule has 0 radical (unpaired) electrons. The topological polar surface area (TPSA) is 332 Å². The second-order valence-electron chi connectivity index (χ2n) is 27.5. The van der Waals surface area contributed by atoms with E-state index in [-0.39, 0.29) is 65.3 Å². The lowest BCUT2D eigenvalue weighted by Crippen LogP contribution is -2.82. The van der Waals surface area contributed by atoms with Crippen LogP contribution in [-0.4, -0.2) is 149 Å². The maximum atomic E-state index is 16.1. The van der Waals surface area contributed by atoms with Crippen LogP contribution in [0, 0.1) is 34.0 Å². The van der Waals surface area contributed by atoms with Crippen LogP contribution < -0.4 is 21.3 Å². The minimum absolute atomic E-state index is 0.00163. The first kappa shape index (κ1) is 73.9. The molecule has 23 heteroatoms. The number of Topliss-reactive ketones (excluding diaryl/α,β-unsaturated/α-hetero) is 2. The van der Waals surface area contributed by atoms with Gasteiger partial charge in [0.05, 0.1) is 42.2 Å². The van der Waals surface area contributed by atoms with Gasteiger partial charge < -0.3 is 59.9 Å². The Bertz CT molecular complexity index is 3620. The second-order valence-corrected chi connectivity index (χ2v) is 27.5. The highest BCUT2D eigenvalue weighted by Crippen LogP contribution is 2.64. The third-order valence-electron chi connectivity index (χ3n) is 19.9. The summed E-state index contributed by atoms with van der Waals surface area (Å²) >= 11 is 0. The molecule has 23 nitrogen and oxygen atoms in total. The van der Waals surface area contributed by atoms with Crippen LogP contribution in [-0.2, 0) is 78.0 Å². The Hall–Kier alpha value is -8.93. The third kappa shape index (κ3) is 15.9. The predicted octanol–water partition coefficient (Wildman–Crippen LogP) is 6.69. The number of hydrogen-bond acceptors (Lipinski definition) is 19. The zero-order chi connectivity index (χ0) is 71.0. The van der Waals surface area contributed by atoms with Gasteiger partial charge in [0.25, 0.3) is 5.91 Å². The summed E-state index contributed by atoms with van der Waals surface area (Å²) in [5.74, 6) is -12.2. The lowest BCUT2D eigenvalue weighted by molar-refractivity contribution is -0.346. The SMILES string of the molecule is CCC(=O)O[C@@]12CO[C@@H]1C[C@H](O)[C@@]1(C)C(=O)[C@H](OC(C)=O)C3=C(C)[C@@H](OC(=O)[C@H](OC(=O)CNC(=O)[C@@H](CC(=O)[C@H](Cc4ccccc4)NC(=O)CNC(=O)C(C)(C)CC)CC(C)C)[C@@H](NC(=O)c4ccccc4)c4ccccc4)C[C@@](O)([C@@H](OC(=O)c4ccccc4)[C@H]21)C3(C)C. The highest BCUT2D eigenvalue weighted by molar-refractivity contribution is 5.98. The van der Waals surface area contributed by atoms with E-state index in [1.165, 1.54) is 58.9 Å². The van der Waals surface area contributed by atoms with Gasteiger partial charge in [-0.2, -0.15) is 0 Å². The molecule has 4 aromatic rings. The number of benzene rings is 4. The zero-order valence-corrected chi connectivity index (χ0v) is 56.8. The van der Waals surface area contributed by atoms with E-state index in [0.29, 0.717) is 12.0 Å². The molecule has 0 unspecified atom stereocenters. The number of carbonyl (C=O) groups excluding carboxylic acids is 11. The standard InChI is InChI=1S/C74H90N4O19/c1-12-56(83)97-73-41-92-54(73)37-53(81)72(11)62(73)64(96-67(88)48-32-24-17-25-33-48)74(91)38-52(43(5)58(71(74,9)10)60(63(72)85)93-44(6)79)94-68(89)61(59(46-28-20-15-21-29-46)78-66(87)47-30-22-16-23-31-47)95-57(84)40-75-65(86)49(34-42(3)4)36-51(80)50(35-45-26-18-14-19-27-45)77-55(82)39-76-69(90)70(7,8)13-2/h14-33,42,49-50,52-54,59-62,64,81,91H,12-13,34-41H2,1-11H3,(H,75,86)(H,76,90)(H,77,82)(H,78,87)/t49-,50+,52+,53+,54-,59+,60-,61-,62+,64+,72-,73+,74-/m1/s1. The minimum atomic E-state index is -2.58. The van der Waals surface area contributed by atoms with E-state index in [4.69, 9.17) is 28.4 Å². The average molecular weight is 1340 g/mol. The van der Waals surface area contributed by atoms with E-state index in [9.17, 15) is 53.4 Å². The Morgan fingerprint density at radius 2 is 1.35 bits per heavy atom. The van der Waals surface area contributed by atoms with Crippen molar-refractivity contribution in [3.8, 4) is 0 Å². The molecule has 8 rings (SSSR count). The molecule has 3 fully saturated rings. The van der Waals surface area contributed by atoms with E-state index in [2.05, 4.69) is 21.3 Å². The summed E-state index contributed by atoms with van der Waals surface area (Å²) < 4.78 is 37.5. The average Bonchev–Trinajstić information content (AvgIpc) is 0.670. The first-order valence-corrected chi connectivity index (χ1v) is 33.0. The van der Waals surface area contributed by atoms with Gasteiger partial charge in [0, 0.05) is 54.9 Å². The summed E-state index contributed by atoms with van der Waals surface area (Å²) in [7, 11) is 0. The van der Waals surface area contributed by atoms with Crippen LogP contribution in [0.1, 0.15) is 153 Å². The van der Waals surface area contributed by atoms with E-state index in [1.807, 2.05) is 20.8 Å². The van der Waals surface area contributed by atoms with Crippen molar-refractivity contribution in [2.75, 3.05) is 19.7 Å². The molecule has 0 aromatic heterocycles. The summed E-state index contributed by atoms with van der Waals surface area (Å²) in [6.07, 6.45) is -11.5. The molecule has 97 heavy (non-hydrogen) atoms. The third-order valence-corrected chi connectivity index (χ3v) is 19.9. The predicted molar refractivity (Wildman–Crippen MR) is 351 cm³/mol. The molecule has 1 aliphatic heterocycles. The monoisotopic (exact) mass is 1340 g/mol. The number of fused-ring (bicyclic) bond motifs is 5. The van der Waals surface area contributed by atoms with Crippen LogP contribution in [0.3, 0.4) is 0 Å². The van der Waals surface area contributed by atoms with Crippen molar-refractivity contribution in [1.29, 1.82) is 0 Å². The van der Waals surface area contributed by atoms with Gasteiger partial charge in [0.15, 0.2) is 23.3 Å². The van der Waals surface area contributed by atoms with Gasteiger partial charge in [-0.3, -0.25) is 43.2 Å². The normalized spacial score (nSPS) is 25.2. The summed E-state index contributed by atoms with van der Waals surface area (Å²) in [6.45, 7) is 15.7. The number of hydrogen-bond donors (Lipinski definition) is 6. The van der Waals surface area contributed by atoms with Crippen molar-refractivity contribution in [1.82, 2.24) is 21.3 Å². The molecule has 4 aromatic carbocycles. The van der Waals surface area contributed by atoms with Crippen molar-refractivity contribution >= 4 is 65.0 Å². The molecular weight excluding hydrogens is 1250 g/mol. The highest BCUT2D eigenvalue weighted by atomic mass is 16.6. The molecule has 1 saturated heterocycles. The van der Waals surface area contributed by atoms with Crippen LogP contribution in [0.2, 0.25) is 0 Å². The van der Waals surface area contributed by atoms with Crippen molar-refractivity contribution in [3.05, 3.63) is 155 Å². The number of ether oxygens (including phenoxy) is 6. The van der Waals surface area contributed by atoms with Gasteiger partial charge in [0.1, 0.15) is 36.5 Å². The maximum Gasteiger partial charge on any atom is 0.350 e. The van der Waals surface area contributed by atoms with Gasteiger partial charge in [-0.15, -0.1) is 0 Å². The van der Waals surface area contributed by atoms with Crippen LogP contribution in [0.4, 0.5) is 0 Å². The Morgan fingerprint density at radius 1 is 0.753 bits per heavy atom. The minimum Gasteiger partial charge on any atom is -0.455 e. The number of aliphatic hydroxyl groups is 2. The Balaban J connectivity index is 1.17. The summed E-state index contributed by atoms with van der Waals surface area (Å²) in [4.78, 5) is 158. The fourth-order valence-electron chi connectivity index (χ4n) is 13.9. The van der Waals surface area contributed by atoms with Crippen molar-refractivity contribution in [2.45, 2.75) is 181 Å². The Morgan fingerprint density at radius 3 is 1.92 bits per heavy atom. The summed E-state index contributed by atoms with van der Waals surface area (Å²) in [5.41, 5.74) is -8.28. The lowest BCUT2D eigenvalue weighted by atomic mass is 9.44. The van der Waals surface area contributed by atoms with Gasteiger partial charge >= 0.3 is 29.8 Å². The van der Waals surface area contributed by atoms with E-state index in [1.54, 1.807) is 111 Å². The first-order valence-electron chi connectivity index (χ1n) is 33.0. The number of esters is 5. The first-order chi connectivity index (χ1) is 45.8. The number of carbonyl (C=O) groups is 11. The molecule has 520 valence electrons. The zero-order valence-electron chi connectivity index (χ0n) is 56.8. The van der Waals surface area contributed by atoms with E-state index < -0.39 is 180 Å². The molecule has 0 spiro atoms. The van der Waals surface area contributed by atoms with Crippen molar-refractivity contribution < 1.29 is 91.4 Å². The Kier molecular flexibility index (Phi) is 23.3. The van der Waals surface area contributed by atoms with Gasteiger partial charge in [-0.25, -0.2) is 9.59 Å². The molecule has 2 saturated carbocycles. The van der Waals surface area contributed by atoms with E-state index >= 15 is 9.59 Å². The van der Waals surface area contributed by atoms with Gasteiger partial charge in [0.2, 0.25) is 23.8 Å². The lowest BCUT2D eigenvalue weighted by Gasteiger charge is -2.67. The molecule has 3 aliphatic carbocycles. The van der Waals surface area contributed by atoms with Crippen molar-refractivity contribution in [2.24, 2.45) is 34.0 Å². The number of amides is 4. The molecule has 13 atom stereocenters. The fraction of sp³-hybridized carbons (Fsp3) is 0.500. The number of aliphatic hydroxyl groups excluding tert-OH is 1. The molecular formula is C74H90N4O19. The fourth-order valence-corrected chi connectivity index (χ4v) is 13.9. The summed E-state index contributed by atoms with van der Waals surface area (Å²) in [6, 6.07) is 29.7. The second kappa shape index (κ2) is 30.6. The summed E-state index contributed by atoms with van der Waals surface area (Å²) in [5, 5.41) is 37.4. The molecule has 1 heterocycles. The van der Waals surface area contributed by atoms with Gasteiger partial charge in [-0.05, 0) is 85.6 Å². The molecule has 4 aliphatic rings. The number of ketones is 2. The number of rotatable bonds is 27. The van der Waals surface area contributed by atoms with Gasteiger partial charge in [-0.1, -0.05) is 152 Å². The smallest absolute Gasteiger partial charge is 0.350 e. The maximum absolute atomic E-state index is 16.1. The van der Waals surface area contributed by atoms with Crippen LogP contribution >= 0.6 is 0 Å². The number of nitrogens with one attached hydrogen (secondary N) is 4. The Labute approximate surface area is 564 Å². The van der Waals surface area contributed by atoms with E-state index in [0.717, 1.165) is 6.92 Å². The highest BCUT2D eigenvalue weighted by Gasteiger charge is 2.78. The van der Waals surface area contributed by atoms with Crippen LogP contribution in [0.5, 0.6) is 0 Å². The van der Waals surface area contributed by atoms with Crippen LogP contribution in [0.25, 0.3) is 0 Å². The largest absolute Gasteiger partial charge is 0.455 e. The quantitative estimate of drug-likeness (QED) is 0.0206. The van der Waals surface area contributed by atoms with Crippen LogP contribution in [0.15, 0.2) is 132 Å². The molecule has 6 N–H and O–H groups in total. The molecule has 2 bridgehead atoms. The van der Waals surface area contributed by atoms with Crippen molar-refractivity contribution in [3.63, 3.8) is 0 Å².